The Morgan fingerprint density at radius 3 is 2.17 bits per heavy atom. The first-order valence-corrected chi connectivity index (χ1v) is 11.3. The number of aryl methyl sites for hydroxylation is 1. The van der Waals surface area contributed by atoms with Crippen molar-refractivity contribution in [1.29, 1.82) is 0 Å². The number of Topliss-reactive ketones (excluding diaryl/α,β-unsaturated/α-hetero) is 1. The van der Waals surface area contributed by atoms with Crippen LogP contribution in [0.3, 0.4) is 0 Å². The van der Waals surface area contributed by atoms with Crippen LogP contribution in [0.2, 0.25) is 0 Å². The Bertz CT molecular complexity index is 1320. The zero-order chi connectivity index (χ0) is 25.5. The van der Waals surface area contributed by atoms with E-state index in [4.69, 9.17) is 4.74 Å². The number of amides is 1. The van der Waals surface area contributed by atoms with E-state index < -0.39 is 23.5 Å². The molecule has 1 heterocycles. The Labute approximate surface area is 204 Å². The van der Waals surface area contributed by atoms with Crippen LogP contribution in [0, 0.1) is 12.7 Å². The molecule has 5 nitrogen and oxygen atoms in total. The first-order valence-electron chi connectivity index (χ1n) is 11.3. The van der Waals surface area contributed by atoms with Gasteiger partial charge in [-0.15, -0.1) is 0 Å². The number of nitrogens with zero attached hydrogens (tertiary/aromatic N) is 1. The molecule has 35 heavy (non-hydrogen) atoms. The van der Waals surface area contributed by atoms with E-state index >= 15 is 0 Å². The molecule has 3 aromatic rings. The molecule has 1 atom stereocenters. The molecule has 6 heteroatoms. The number of hydrogen-bond donors (Lipinski definition) is 1. The number of aliphatic hydroxyl groups is 1. The zero-order valence-electron chi connectivity index (χ0n) is 20.4. The van der Waals surface area contributed by atoms with Crippen molar-refractivity contribution in [2.24, 2.45) is 0 Å². The van der Waals surface area contributed by atoms with Gasteiger partial charge in [-0.3, -0.25) is 14.5 Å². The van der Waals surface area contributed by atoms with E-state index in [2.05, 4.69) is 0 Å². The minimum atomic E-state index is -0.943. The van der Waals surface area contributed by atoms with Gasteiger partial charge >= 0.3 is 0 Å². The Kier molecular flexibility index (Phi) is 6.24. The van der Waals surface area contributed by atoms with Crippen LogP contribution in [0.4, 0.5) is 10.1 Å². The summed E-state index contributed by atoms with van der Waals surface area (Å²) in [5.74, 6) is -2.00. The van der Waals surface area contributed by atoms with Crippen LogP contribution in [-0.2, 0) is 15.0 Å². The molecule has 0 radical (unpaired) electrons. The molecule has 1 fully saturated rings. The van der Waals surface area contributed by atoms with Crippen molar-refractivity contribution >= 4 is 23.1 Å². The van der Waals surface area contributed by atoms with Crippen molar-refractivity contribution in [3.05, 3.63) is 100 Å². The summed E-state index contributed by atoms with van der Waals surface area (Å²) in [7, 11) is 1.48. The van der Waals surface area contributed by atoms with Gasteiger partial charge in [-0.25, -0.2) is 4.39 Å². The number of carbonyl (C=O) groups excluding carboxylic acids is 2. The summed E-state index contributed by atoms with van der Waals surface area (Å²) in [6.07, 6.45) is 0. The van der Waals surface area contributed by atoms with E-state index in [1.807, 2.05) is 45.9 Å². The summed E-state index contributed by atoms with van der Waals surface area (Å²) in [6, 6.07) is 17.2. The number of ether oxygens (including phenoxy) is 1. The quantitative estimate of drug-likeness (QED) is 0.284. The van der Waals surface area contributed by atoms with Gasteiger partial charge in [0.25, 0.3) is 11.7 Å². The highest BCUT2D eigenvalue weighted by Crippen LogP contribution is 2.44. The molecule has 1 unspecified atom stereocenters. The first-order chi connectivity index (χ1) is 16.5. The summed E-state index contributed by atoms with van der Waals surface area (Å²) in [5.41, 5.74) is 2.92. The Morgan fingerprint density at radius 2 is 1.60 bits per heavy atom. The third-order valence-electron chi connectivity index (χ3n) is 6.26. The van der Waals surface area contributed by atoms with Crippen LogP contribution < -0.4 is 9.64 Å². The maximum absolute atomic E-state index is 13.7. The van der Waals surface area contributed by atoms with Crippen LogP contribution in [0.25, 0.3) is 5.76 Å². The SMILES string of the molecule is COc1ccc(C(C)(C)C)cc1/C(O)=C1\C(=O)C(=O)N(c2ccc(C)cc2)C1c1ccc(F)cc1. The van der Waals surface area contributed by atoms with Gasteiger partial charge in [0.05, 0.1) is 24.3 Å². The average Bonchev–Trinajstić information content (AvgIpc) is 3.09. The third-order valence-corrected chi connectivity index (χ3v) is 6.26. The number of carbonyl (C=O) groups is 2. The second kappa shape index (κ2) is 9.02. The van der Waals surface area contributed by atoms with Crippen LogP contribution >= 0.6 is 0 Å². The van der Waals surface area contributed by atoms with Gasteiger partial charge in [0, 0.05) is 5.69 Å². The Balaban J connectivity index is 1.99. The lowest BCUT2D eigenvalue weighted by Gasteiger charge is -2.26. The van der Waals surface area contributed by atoms with Gasteiger partial charge in [-0.05, 0) is 59.9 Å². The molecular formula is C29H28FNO4. The van der Waals surface area contributed by atoms with Crippen molar-refractivity contribution in [3.8, 4) is 5.75 Å². The number of aliphatic hydroxyl groups excluding tert-OH is 1. The number of halogens is 1. The maximum Gasteiger partial charge on any atom is 0.300 e. The molecule has 0 aliphatic carbocycles. The van der Waals surface area contributed by atoms with Crippen LogP contribution in [0.1, 0.15) is 49.1 Å². The van der Waals surface area contributed by atoms with Gasteiger partial charge in [0.1, 0.15) is 17.3 Å². The topological polar surface area (TPSA) is 66.8 Å². The van der Waals surface area contributed by atoms with E-state index in [0.29, 0.717) is 22.6 Å². The molecule has 0 aromatic heterocycles. The summed E-state index contributed by atoms with van der Waals surface area (Å²) < 4.78 is 19.2. The molecule has 1 saturated heterocycles. The van der Waals surface area contributed by atoms with Crippen LogP contribution in [0.15, 0.2) is 72.3 Å². The number of rotatable bonds is 4. The van der Waals surface area contributed by atoms with E-state index in [1.54, 1.807) is 24.3 Å². The fourth-order valence-electron chi connectivity index (χ4n) is 4.27. The summed E-state index contributed by atoms with van der Waals surface area (Å²) in [6.45, 7) is 8.03. The minimum Gasteiger partial charge on any atom is -0.507 e. The van der Waals surface area contributed by atoms with E-state index in [0.717, 1.165) is 11.1 Å². The summed E-state index contributed by atoms with van der Waals surface area (Å²) in [5, 5.41) is 11.5. The number of benzene rings is 3. The van der Waals surface area contributed by atoms with E-state index in [1.165, 1.54) is 36.3 Å². The summed E-state index contributed by atoms with van der Waals surface area (Å²) in [4.78, 5) is 28.0. The monoisotopic (exact) mass is 473 g/mol. The zero-order valence-corrected chi connectivity index (χ0v) is 20.4. The number of anilines is 1. The second-order valence-corrected chi connectivity index (χ2v) is 9.72. The number of ketones is 1. The molecule has 180 valence electrons. The fraction of sp³-hybridized carbons (Fsp3) is 0.241. The molecule has 4 rings (SSSR count). The van der Waals surface area contributed by atoms with Crippen molar-refractivity contribution < 1.29 is 23.8 Å². The molecule has 3 aromatic carbocycles. The maximum atomic E-state index is 13.7. The van der Waals surface area contributed by atoms with Crippen molar-refractivity contribution in [1.82, 2.24) is 0 Å². The Morgan fingerprint density at radius 1 is 0.971 bits per heavy atom. The molecule has 1 aliphatic rings. The molecule has 1 aliphatic heterocycles. The molecule has 1 N–H and O–H groups in total. The van der Waals surface area contributed by atoms with E-state index in [-0.39, 0.29) is 16.7 Å². The highest BCUT2D eigenvalue weighted by Gasteiger charge is 2.47. The highest BCUT2D eigenvalue weighted by molar-refractivity contribution is 6.51. The average molecular weight is 474 g/mol. The second-order valence-electron chi connectivity index (χ2n) is 9.72. The van der Waals surface area contributed by atoms with Crippen molar-refractivity contribution in [2.75, 3.05) is 12.0 Å². The minimum absolute atomic E-state index is 0.0773. The highest BCUT2D eigenvalue weighted by atomic mass is 19.1. The summed E-state index contributed by atoms with van der Waals surface area (Å²) >= 11 is 0. The lowest BCUT2D eigenvalue weighted by molar-refractivity contribution is -0.132. The van der Waals surface area contributed by atoms with Crippen LogP contribution in [-0.4, -0.2) is 23.9 Å². The first kappa shape index (κ1) is 24.2. The molecular weight excluding hydrogens is 445 g/mol. The fourth-order valence-corrected chi connectivity index (χ4v) is 4.27. The van der Waals surface area contributed by atoms with Gasteiger partial charge in [-0.2, -0.15) is 0 Å². The molecule has 0 saturated carbocycles. The molecule has 1 amide bonds. The third kappa shape index (κ3) is 4.44. The van der Waals surface area contributed by atoms with Crippen LogP contribution in [0.5, 0.6) is 5.75 Å². The normalized spacial score (nSPS) is 17.7. The van der Waals surface area contributed by atoms with E-state index in [9.17, 15) is 19.1 Å². The molecule has 0 bridgehead atoms. The van der Waals surface area contributed by atoms with Gasteiger partial charge in [0.15, 0.2) is 0 Å². The lowest BCUT2D eigenvalue weighted by atomic mass is 9.85. The van der Waals surface area contributed by atoms with Crippen molar-refractivity contribution in [2.45, 2.75) is 39.2 Å². The largest absolute Gasteiger partial charge is 0.507 e. The lowest BCUT2D eigenvalue weighted by Crippen LogP contribution is -2.29. The molecule has 0 spiro atoms. The number of hydrogen-bond acceptors (Lipinski definition) is 4. The van der Waals surface area contributed by atoms with Crippen molar-refractivity contribution in [3.63, 3.8) is 0 Å². The number of methoxy groups -OCH3 is 1. The van der Waals surface area contributed by atoms with Gasteiger partial charge in [-0.1, -0.05) is 56.7 Å². The predicted octanol–water partition coefficient (Wildman–Crippen LogP) is 6.07. The smallest absolute Gasteiger partial charge is 0.300 e. The van der Waals surface area contributed by atoms with Gasteiger partial charge in [0.2, 0.25) is 0 Å². The Hall–Kier alpha value is -3.93. The standard InChI is InChI=1S/C29H28FNO4/c1-17-6-13-21(14-7-17)31-25(18-8-11-20(30)12-9-18)24(27(33)28(31)34)26(32)22-16-19(29(2,3)4)10-15-23(22)35-5/h6-16,25,32H,1-5H3/b26-24+. The predicted molar refractivity (Wildman–Crippen MR) is 134 cm³/mol. The van der Waals surface area contributed by atoms with Gasteiger partial charge < -0.3 is 9.84 Å².